The van der Waals surface area contributed by atoms with Crippen molar-refractivity contribution in [2.45, 2.75) is 13.0 Å². The van der Waals surface area contributed by atoms with Crippen LogP contribution < -0.4 is 0 Å². The van der Waals surface area contributed by atoms with Crippen molar-refractivity contribution < 1.29 is 13.7 Å². The van der Waals surface area contributed by atoms with Crippen LogP contribution in [0.4, 0.5) is 4.39 Å². The van der Waals surface area contributed by atoms with Gasteiger partial charge in [-0.05, 0) is 35.6 Å². The third-order valence-electron chi connectivity index (χ3n) is 3.94. The van der Waals surface area contributed by atoms with E-state index in [9.17, 15) is 9.18 Å². The van der Waals surface area contributed by atoms with Crippen LogP contribution in [0.3, 0.4) is 0 Å². The van der Waals surface area contributed by atoms with E-state index in [0.29, 0.717) is 24.3 Å². The molecule has 1 aliphatic heterocycles. The number of carbonyl (C=O) groups is 1. The molecule has 0 bridgehead atoms. The second-order valence-corrected chi connectivity index (χ2v) is 6.43. The molecule has 0 N–H and O–H groups in total. The Kier molecular flexibility index (Phi) is 3.46. The SMILES string of the molecule is O=C(c1cc(-c2cccc(F)c2)no1)N1CCc2sccc2C1. The van der Waals surface area contributed by atoms with E-state index >= 15 is 0 Å². The Morgan fingerprint density at radius 2 is 2.22 bits per heavy atom. The third kappa shape index (κ3) is 2.66. The van der Waals surface area contributed by atoms with E-state index in [0.717, 1.165) is 6.42 Å². The van der Waals surface area contributed by atoms with Gasteiger partial charge in [-0.25, -0.2) is 4.39 Å². The first kappa shape index (κ1) is 14.1. The standard InChI is InChI=1S/C17H13FN2O2S/c18-13-3-1-2-11(8-13)14-9-15(22-19-14)17(21)20-6-4-16-12(10-20)5-7-23-16/h1-3,5,7-9H,4,6,10H2. The van der Waals surface area contributed by atoms with E-state index in [1.165, 1.54) is 22.6 Å². The number of benzene rings is 1. The monoisotopic (exact) mass is 328 g/mol. The summed E-state index contributed by atoms with van der Waals surface area (Å²) in [6.07, 6.45) is 0.865. The van der Waals surface area contributed by atoms with Crippen LogP contribution >= 0.6 is 11.3 Å². The molecule has 3 heterocycles. The van der Waals surface area contributed by atoms with Gasteiger partial charge in [0.1, 0.15) is 11.5 Å². The van der Waals surface area contributed by atoms with Crippen molar-refractivity contribution in [2.75, 3.05) is 6.54 Å². The van der Waals surface area contributed by atoms with E-state index in [1.807, 2.05) is 0 Å². The number of fused-ring (bicyclic) bond motifs is 1. The highest BCUT2D eigenvalue weighted by Gasteiger charge is 2.25. The molecule has 4 rings (SSSR count). The lowest BCUT2D eigenvalue weighted by molar-refractivity contribution is 0.0693. The van der Waals surface area contributed by atoms with Crippen LogP contribution in [0.15, 0.2) is 46.3 Å². The number of amides is 1. The largest absolute Gasteiger partial charge is 0.350 e. The van der Waals surface area contributed by atoms with Gasteiger partial charge >= 0.3 is 0 Å². The molecule has 1 amide bonds. The van der Waals surface area contributed by atoms with E-state index in [2.05, 4.69) is 16.6 Å². The minimum atomic E-state index is -0.348. The molecule has 2 aromatic heterocycles. The van der Waals surface area contributed by atoms with Crippen molar-refractivity contribution in [1.29, 1.82) is 0 Å². The van der Waals surface area contributed by atoms with Crippen molar-refractivity contribution in [3.8, 4) is 11.3 Å². The average Bonchev–Trinajstić information content (AvgIpc) is 3.22. The molecule has 1 aromatic carbocycles. The zero-order chi connectivity index (χ0) is 15.8. The second-order valence-electron chi connectivity index (χ2n) is 5.43. The Hall–Kier alpha value is -2.47. The topological polar surface area (TPSA) is 46.3 Å². The summed E-state index contributed by atoms with van der Waals surface area (Å²) in [6, 6.07) is 9.68. The summed E-state index contributed by atoms with van der Waals surface area (Å²) < 4.78 is 18.5. The highest BCUT2D eigenvalue weighted by atomic mass is 32.1. The van der Waals surface area contributed by atoms with Crippen LogP contribution in [0.5, 0.6) is 0 Å². The van der Waals surface area contributed by atoms with Gasteiger partial charge in [0.25, 0.3) is 5.91 Å². The molecule has 4 nitrogen and oxygen atoms in total. The molecule has 0 saturated carbocycles. The number of hydrogen-bond acceptors (Lipinski definition) is 4. The van der Waals surface area contributed by atoms with Crippen LogP contribution in [0, 0.1) is 5.82 Å². The molecule has 0 radical (unpaired) electrons. The van der Waals surface area contributed by atoms with Crippen molar-refractivity contribution >= 4 is 17.2 Å². The average molecular weight is 328 g/mol. The molecular formula is C17H13FN2O2S. The number of nitrogens with zero attached hydrogens (tertiary/aromatic N) is 2. The number of rotatable bonds is 2. The molecule has 0 unspecified atom stereocenters. The van der Waals surface area contributed by atoms with Gasteiger partial charge in [0, 0.05) is 29.6 Å². The van der Waals surface area contributed by atoms with E-state index in [1.54, 1.807) is 34.4 Å². The van der Waals surface area contributed by atoms with E-state index in [-0.39, 0.29) is 17.5 Å². The van der Waals surface area contributed by atoms with Crippen LogP contribution in [0.2, 0.25) is 0 Å². The molecule has 0 spiro atoms. The van der Waals surface area contributed by atoms with Crippen LogP contribution in [-0.2, 0) is 13.0 Å². The van der Waals surface area contributed by atoms with Gasteiger partial charge in [0.15, 0.2) is 0 Å². The quantitative estimate of drug-likeness (QED) is 0.720. The minimum absolute atomic E-state index is 0.183. The number of carbonyl (C=O) groups excluding carboxylic acids is 1. The van der Waals surface area contributed by atoms with Gasteiger partial charge in [0.05, 0.1) is 0 Å². The zero-order valence-corrected chi connectivity index (χ0v) is 13.0. The molecule has 1 aliphatic rings. The van der Waals surface area contributed by atoms with Crippen LogP contribution in [-0.4, -0.2) is 22.5 Å². The Morgan fingerprint density at radius 1 is 1.30 bits per heavy atom. The highest BCUT2D eigenvalue weighted by molar-refractivity contribution is 7.10. The summed E-state index contributed by atoms with van der Waals surface area (Å²) in [5.41, 5.74) is 2.24. The van der Waals surface area contributed by atoms with Gasteiger partial charge in [0.2, 0.25) is 5.76 Å². The molecule has 0 aliphatic carbocycles. The maximum Gasteiger partial charge on any atom is 0.292 e. The second kappa shape index (κ2) is 5.62. The van der Waals surface area contributed by atoms with Gasteiger partial charge in [-0.15, -0.1) is 11.3 Å². The third-order valence-corrected chi connectivity index (χ3v) is 4.96. The molecule has 0 fully saturated rings. The molecule has 6 heteroatoms. The van der Waals surface area contributed by atoms with Gasteiger partial charge < -0.3 is 9.42 Å². The molecule has 3 aromatic rings. The van der Waals surface area contributed by atoms with Crippen molar-refractivity contribution in [3.63, 3.8) is 0 Å². The predicted octanol–water partition coefficient (Wildman–Crippen LogP) is 3.74. The lowest BCUT2D eigenvalue weighted by Crippen LogP contribution is -2.35. The molecule has 0 atom stereocenters. The maximum absolute atomic E-state index is 13.3. The predicted molar refractivity (Wildman–Crippen MR) is 84.7 cm³/mol. The number of halogens is 1. The fourth-order valence-electron chi connectivity index (χ4n) is 2.74. The Labute approximate surface area is 136 Å². The number of aromatic nitrogens is 1. The summed E-state index contributed by atoms with van der Waals surface area (Å²) in [4.78, 5) is 15.7. The number of thiophene rings is 1. The first-order valence-corrected chi connectivity index (χ1v) is 8.16. The maximum atomic E-state index is 13.3. The molecule has 23 heavy (non-hydrogen) atoms. The van der Waals surface area contributed by atoms with Crippen LogP contribution in [0.25, 0.3) is 11.3 Å². The Balaban J connectivity index is 1.56. The summed E-state index contributed by atoms with van der Waals surface area (Å²) in [5, 5.41) is 5.94. The van der Waals surface area contributed by atoms with Gasteiger partial charge in [-0.2, -0.15) is 0 Å². The highest BCUT2D eigenvalue weighted by Crippen LogP contribution is 2.26. The lowest BCUT2D eigenvalue weighted by Gasteiger charge is -2.25. The fraction of sp³-hybridized carbons (Fsp3) is 0.176. The minimum Gasteiger partial charge on any atom is -0.350 e. The Bertz CT molecular complexity index is 871. The summed E-state index contributed by atoms with van der Waals surface area (Å²) in [7, 11) is 0. The fourth-order valence-corrected chi connectivity index (χ4v) is 3.63. The van der Waals surface area contributed by atoms with Crippen LogP contribution in [0.1, 0.15) is 21.0 Å². The van der Waals surface area contributed by atoms with E-state index < -0.39 is 0 Å². The van der Waals surface area contributed by atoms with Gasteiger partial charge in [-0.1, -0.05) is 17.3 Å². The van der Waals surface area contributed by atoms with Crippen molar-refractivity contribution in [1.82, 2.24) is 10.1 Å². The normalized spacial score (nSPS) is 13.9. The molecule has 116 valence electrons. The first-order valence-electron chi connectivity index (χ1n) is 7.28. The summed E-state index contributed by atoms with van der Waals surface area (Å²) >= 11 is 1.73. The molecule has 0 saturated heterocycles. The molecular weight excluding hydrogens is 315 g/mol. The number of hydrogen-bond donors (Lipinski definition) is 0. The summed E-state index contributed by atoms with van der Waals surface area (Å²) in [6.45, 7) is 1.26. The summed E-state index contributed by atoms with van der Waals surface area (Å²) in [5.74, 6) is -0.348. The van der Waals surface area contributed by atoms with E-state index in [4.69, 9.17) is 4.52 Å². The Morgan fingerprint density at radius 3 is 3.09 bits per heavy atom. The first-order chi connectivity index (χ1) is 11.2. The van der Waals surface area contributed by atoms with Crippen molar-refractivity contribution in [3.05, 3.63) is 63.8 Å². The zero-order valence-electron chi connectivity index (χ0n) is 12.2. The lowest BCUT2D eigenvalue weighted by atomic mass is 10.1. The smallest absolute Gasteiger partial charge is 0.292 e. The van der Waals surface area contributed by atoms with Crippen molar-refractivity contribution in [2.24, 2.45) is 0 Å². The van der Waals surface area contributed by atoms with Gasteiger partial charge in [-0.3, -0.25) is 4.79 Å².